The zero-order valence-electron chi connectivity index (χ0n) is 7.00. The van der Waals surface area contributed by atoms with E-state index in [2.05, 4.69) is 0 Å². The van der Waals surface area contributed by atoms with Crippen molar-refractivity contribution in [2.45, 2.75) is 0 Å². The average molecular weight is 238 g/mol. The molecule has 0 aliphatic heterocycles. The summed E-state index contributed by atoms with van der Waals surface area (Å²) in [7, 11) is -3.67. The minimum absolute atomic E-state index is 0.183. The minimum atomic E-state index is -3.67. The molecule has 0 heterocycles. The monoisotopic (exact) mass is 238 g/mol. The van der Waals surface area contributed by atoms with Crippen LogP contribution in [-0.2, 0) is 0 Å². The predicted octanol–water partition coefficient (Wildman–Crippen LogP) is 1.78. The maximum atomic E-state index is 12.3. The molecule has 1 aromatic carbocycles. The molecule has 0 unspecified atom stereocenters. The van der Waals surface area contributed by atoms with Crippen LogP contribution in [0, 0.1) is 17.5 Å². The molecule has 0 amide bonds. The Bertz CT molecular complexity index is 279. The third kappa shape index (κ3) is 6.07. The maximum absolute atomic E-state index is 12.3. The third-order valence-corrected chi connectivity index (χ3v) is 2.03. The zero-order chi connectivity index (χ0) is 11.3. The SMILES string of the molecule is FB(F)F.Fc1c[c]([K])cc(F)c1F. The molecule has 0 nitrogen and oxygen atoms in total. The summed E-state index contributed by atoms with van der Waals surface area (Å²) in [6, 6.07) is 2.05. The summed E-state index contributed by atoms with van der Waals surface area (Å²) in [5.74, 6) is -3.57. The fraction of sp³-hybridized carbons (Fsp3) is 0. The van der Waals surface area contributed by atoms with E-state index in [1.165, 1.54) is 0 Å². The molecule has 0 fully saturated rings. The van der Waals surface area contributed by atoms with Gasteiger partial charge in [-0.05, 0) is 0 Å². The second-order valence-corrected chi connectivity index (χ2v) is 4.09. The van der Waals surface area contributed by atoms with Gasteiger partial charge < -0.3 is 0 Å². The summed E-state index contributed by atoms with van der Waals surface area (Å²) in [6.45, 7) is 0. The van der Waals surface area contributed by atoms with Crippen LogP contribution < -0.4 is -0.342 Å². The number of hydrogen-bond acceptors (Lipinski definition) is 0. The van der Waals surface area contributed by atoms with E-state index in [9.17, 15) is 26.1 Å². The van der Waals surface area contributed by atoms with Crippen LogP contribution >= 0.6 is 0 Å². The van der Waals surface area contributed by atoms with Crippen LogP contribution in [0.2, 0.25) is 0 Å². The molecule has 0 atom stereocenters. The Hall–Kier alpha value is 0.501. The molecule has 1 aromatic rings. The third-order valence-electron chi connectivity index (χ3n) is 1.13. The number of hydrogen-bond donors (Lipinski definition) is 0. The van der Waals surface area contributed by atoms with Crippen molar-refractivity contribution in [2.24, 2.45) is 0 Å². The Morgan fingerprint density at radius 3 is 1.50 bits per heavy atom. The van der Waals surface area contributed by atoms with Gasteiger partial charge in [-0.2, -0.15) is 0 Å². The molecular weight excluding hydrogens is 236 g/mol. The van der Waals surface area contributed by atoms with Crippen molar-refractivity contribution in [3.63, 3.8) is 0 Å². The van der Waals surface area contributed by atoms with Crippen molar-refractivity contribution in [2.75, 3.05) is 0 Å². The van der Waals surface area contributed by atoms with E-state index in [0.29, 0.717) is -0.342 Å². The topological polar surface area (TPSA) is 0 Å². The quantitative estimate of drug-likeness (QED) is 0.367. The van der Waals surface area contributed by atoms with E-state index in [4.69, 9.17) is 0 Å². The molecule has 0 radical (unpaired) electrons. The molecule has 0 saturated heterocycles. The van der Waals surface area contributed by atoms with Gasteiger partial charge in [-0.25, -0.2) is 0 Å². The first-order chi connectivity index (χ1) is 6.34. The van der Waals surface area contributed by atoms with Gasteiger partial charge in [0.25, 0.3) is 0 Å². The number of benzene rings is 1. The van der Waals surface area contributed by atoms with Crippen LogP contribution in [-0.4, -0.2) is 56.5 Å². The molecule has 0 aromatic heterocycles. The molecule has 0 N–H and O–H groups in total. The average Bonchev–Trinajstić information content (AvgIpc) is 1.98. The van der Waals surface area contributed by atoms with Gasteiger partial charge in [0.05, 0.1) is 0 Å². The molecular formula is C6H2BF6K. The Balaban J connectivity index is 0.000000364. The fourth-order valence-corrected chi connectivity index (χ4v) is 1.47. The second kappa shape index (κ2) is 6.89. The van der Waals surface area contributed by atoms with Crippen LogP contribution in [0.15, 0.2) is 12.1 Å². The summed E-state index contributed by atoms with van der Waals surface area (Å²) in [5, 5.41) is 0. The molecule has 0 aliphatic carbocycles. The summed E-state index contributed by atoms with van der Waals surface area (Å²) >= 11 is 0.183. The van der Waals surface area contributed by atoms with E-state index >= 15 is 0 Å². The number of halogens is 6. The van der Waals surface area contributed by atoms with Crippen LogP contribution in [0.25, 0.3) is 0 Å². The molecule has 0 bridgehead atoms. The van der Waals surface area contributed by atoms with E-state index < -0.39 is 25.0 Å². The van der Waals surface area contributed by atoms with Crippen molar-refractivity contribution < 1.29 is 26.1 Å². The summed E-state index contributed by atoms with van der Waals surface area (Å²) in [6.07, 6.45) is 0. The molecule has 0 saturated carbocycles. The number of rotatable bonds is 0. The van der Waals surface area contributed by atoms with Gasteiger partial charge in [0.15, 0.2) is 0 Å². The molecule has 14 heavy (non-hydrogen) atoms. The zero-order valence-corrected chi connectivity index (χ0v) is 10.1. The first-order valence-electron chi connectivity index (χ1n) is 3.38. The van der Waals surface area contributed by atoms with E-state index in [1.54, 1.807) is 0 Å². The van der Waals surface area contributed by atoms with Crippen molar-refractivity contribution in [1.29, 1.82) is 0 Å². The molecule has 8 heteroatoms. The van der Waals surface area contributed by atoms with Crippen molar-refractivity contribution in [3.8, 4) is 0 Å². The van der Waals surface area contributed by atoms with Gasteiger partial charge in [-0.15, -0.1) is 0 Å². The van der Waals surface area contributed by atoms with E-state index in [1.807, 2.05) is 0 Å². The molecule has 72 valence electrons. The normalized spacial score (nSPS) is 9.14. The van der Waals surface area contributed by atoms with E-state index in [0.717, 1.165) is 12.1 Å². The van der Waals surface area contributed by atoms with Gasteiger partial charge in [0.1, 0.15) is 0 Å². The van der Waals surface area contributed by atoms with Crippen LogP contribution in [0.4, 0.5) is 26.1 Å². The summed E-state index contributed by atoms with van der Waals surface area (Å²) < 4.78 is 66.3. The van der Waals surface area contributed by atoms with Crippen molar-refractivity contribution >= 4 is 56.2 Å². The van der Waals surface area contributed by atoms with Crippen LogP contribution in [0.5, 0.6) is 0 Å². The van der Waals surface area contributed by atoms with E-state index in [-0.39, 0.29) is 49.0 Å². The van der Waals surface area contributed by atoms with Gasteiger partial charge in [0.2, 0.25) is 0 Å². The first-order valence-corrected chi connectivity index (χ1v) is 4.94. The summed E-state index contributed by atoms with van der Waals surface area (Å²) in [4.78, 5) is 0. The predicted molar refractivity (Wildman–Crippen MR) is 40.8 cm³/mol. The fourth-order valence-electron chi connectivity index (χ4n) is 0.682. The molecule has 0 aliphatic rings. The van der Waals surface area contributed by atoms with Crippen molar-refractivity contribution in [3.05, 3.63) is 29.6 Å². The Kier molecular flexibility index (Phi) is 7.14. The van der Waals surface area contributed by atoms with Gasteiger partial charge in [-0.1, -0.05) is 0 Å². The summed E-state index contributed by atoms with van der Waals surface area (Å²) in [5.41, 5.74) is 0. The van der Waals surface area contributed by atoms with Gasteiger partial charge in [-0.3, -0.25) is 12.9 Å². The first kappa shape index (κ1) is 14.5. The van der Waals surface area contributed by atoms with Crippen LogP contribution in [0.1, 0.15) is 0 Å². The van der Waals surface area contributed by atoms with Gasteiger partial charge in [0, 0.05) is 0 Å². The molecule has 0 spiro atoms. The Morgan fingerprint density at radius 1 is 0.929 bits per heavy atom. The van der Waals surface area contributed by atoms with Crippen molar-refractivity contribution in [1.82, 2.24) is 0 Å². The van der Waals surface area contributed by atoms with Gasteiger partial charge >= 0.3 is 98.9 Å². The Labute approximate surface area is 110 Å². The standard InChI is InChI=1S/C6H2F3.BF3.K/c7-4-2-1-3-5(8)6(4)9;2-1(3)4;/h2-3H;;. The second-order valence-electron chi connectivity index (χ2n) is 2.29. The van der Waals surface area contributed by atoms with Crippen LogP contribution in [0.3, 0.4) is 0 Å². The molecule has 1 rings (SSSR count). The Morgan fingerprint density at radius 2 is 1.21 bits per heavy atom.